The van der Waals surface area contributed by atoms with Crippen molar-refractivity contribution in [3.8, 4) is 11.4 Å². The third kappa shape index (κ3) is 2.99. The van der Waals surface area contributed by atoms with Crippen LogP contribution < -0.4 is 10.5 Å². The number of ether oxygens (including phenoxy) is 2. The molecule has 0 atom stereocenters. The van der Waals surface area contributed by atoms with Gasteiger partial charge in [-0.15, -0.1) is 0 Å². The van der Waals surface area contributed by atoms with E-state index in [9.17, 15) is 4.79 Å². The molecule has 0 saturated carbocycles. The van der Waals surface area contributed by atoms with Crippen LogP contribution in [0.1, 0.15) is 30.2 Å². The maximum atomic E-state index is 11.6. The molecule has 0 bridgehead atoms. The fourth-order valence-electron chi connectivity index (χ4n) is 2.07. The van der Waals surface area contributed by atoms with E-state index in [0.717, 1.165) is 11.4 Å². The maximum Gasteiger partial charge on any atom is 0.360 e. The minimum Gasteiger partial charge on any atom is -0.491 e. The number of nitrogens with zero attached hydrogens (tertiary/aromatic N) is 2. The first-order valence-corrected chi connectivity index (χ1v) is 6.64. The number of aryl methyl sites for hydroxylation is 1. The van der Waals surface area contributed by atoms with Gasteiger partial charge in [0.2, 0.25) is 0 Å². The monoisotopic (exact) mass is 289 g/mol. The van der Waals surface area contributed by atoms with E-state index in [1.54, 1.807) is 11.5 Å². The Morgan fingerprint density at radius 3 is 2.43 bits per heavy atom. The van der Waals surface area contributed by atoms with Crippen LogP contribution in [0.3, 0.4) is 0 Å². The molecule has 112 valence electrons. The molecule has 0 amide bonds. The van der Waals surface area contributed by atoms with Crippen molar-refractivity contribution < 1.29 is 14.3 Å². The summed E-state index contributed by atoms with van der Waals surface area (Å²) in [6.45, 7) is 5.71. The van der Waals surface area contributed by atoms with Crippen molar-refractivity contribution in [2.24, 2.45) is 0 Å². The van der Waals surface area contributed by atoms with Crippen LogP contribution in [0.5, 0.6) is 5.75 Å². The average molecular weight is 289 g/mol. The van der Waals surface area contributed by atoms with Crippen LogP contribution >= 0.6 is 0 Å². The van der Waals surface area contributed by atoms with Crippen molar-refractivity contribution in [1.82, 2.24) is 9.55 Å². The molecule has 1 heterocycles. The predicted molar refractivity (Wildman–Crippen MR) is 79.8 cm³/mol. The lowest BCUT2D eigenvalue weighted by molar-refractivity contribution is 0.0596. The third-order valence-corrected chi connectivity index (χ3v) is 2.93. The molecule has 0 aliphatic carbocycles. The lowest BCUT2D eigenvalue weighted by atomic mass is 10.3. The molecule has 0 aliphatic rings. The van der Waals surface area contributed by atoms with Crippen LogP contribution in [-0.2, 0) is 4.74 Å². The quantitative estimate of drug-likeness (QED) is 0.874. The molecule has 2 rings (SSSR count). The summed E-state index contributed by atoms with van der Waals surface area (Å²) >= 11 is 0. The van der Waals surface area contributed by atoms with E-state index in [-0.39, 0.29) is 17.6 Å². The SMILES string of the molecule is COC(=O)c1nc(C)n(-c2ccc(OC(C)C)cc2)c1N. The Morgan fingerprint density at radius 2 is 1.90 bits per heavy atom. The van der Waals surface area contributed by atoms with E-state index < -0.39 is 5.97 Å². The summed E-state index contributed by atoms with van der Waals surface area (Å²) in [5.74, 6) is 1.11. The molecule has 0 aliphatic heterocycles. The van der Waals surface area contributed by atoms with E-state index in [4.69, 9.17) is 10.5 Å². The van der Waals surface area contributed by atoms with Gasteiger partial charge < -0.3 is 15.2 Å². The van der Waals surface area contributed by atoms with Crippen LogP contribution in [0.4, 0.5) is 5.82 Å². The highest BCUT2D eigenvalue weighted by Gasteiger charge is 2.19. The fourth-order valence-corrected chi connectivity index (χ4v) is 2.07. The number of nitrogens with two attached hydrogens (primary N) is 1. The highest BCUT2D eigenvalue weighted by atomic mass is 16.5. The number of methoxy groups -OCH3 is 1. The van der Waals surface area contributed by atoms with Crippen LogP contribution in [0.25, 0.3) is 5.69 Å². The summed E-state index contributed by atoms with van der Waals surface area (Å²) in [5, 5.41) is 0. The van der Waals surface area contributed by atoms with Gasteiger partial charge in [-0.3, -0.25) is 4.57 Å². The van der Waals surface area contributed by atoms with E-state index in [1.165, 1.54) is 7.11 Å². The zero-order chi connectivity index (χ0) is 15.6. The number of carbonyl (C=O) groups excluding carboxylic acids is 1. The molecular formula is C15H19N3O3. The predicted octanol–water partition coefficient (Wildman–Crippen LogP) is 2.34. The summed E-state index contributed by atoms with van der Waals surface area (Å²) in [6, 6.07) is 7.44. The Morgan fingerprint density at radius 1 is 1.29 bits per heavy atom. The van der Waals surface area contributed by atoms with Gasteiger partial charge in [-0.25, -0.2) is 9.78 Å². The Bertz CT molecular complexity index is 645. The van der Waals surface area contributed by atoms with Gasteiger partial charge in [-0.1, -0.05) is 0 Å². The molecule has 0 fully saturated rings. The van der Waals surface area contributed by atoms with Gasteiger partial charge >= 0.3 is 5.97 Å². The Kier molecular flexibility index (Phi) is 4.16. The van der Waals surface area contributed by atoms with Crippen LogP contribution in [0.2, 0.25) is 0 Å². The number of aromatic nitrogens is 2. The van der Waals surface area contributed by atoms with Gasteiger partial charge in [-0.05, 0) is 45.0 Å². The first kappa shape index (κ1) is 14.9. The van der Waals surface area contributed by atoms with Gasteiger partial charge in [0.05, 0.1) is 13.2 Å². The first-order chi connectivity index (χ1) is 9.93. The van der Waals surface area contributed by atoms with E-state index in [2.05, 4.69) is 9.72 Å². The standard InChI is InChI=1S/C15H19N3O3/c1-9(2)21-12-7-5-11(6-8-12)18-10(3)17-13(14(18)16)15(19)20-4/h5-9H,16H2,1-4H3. The topological polar surface area (TPSA) is 79.4 Å². The molecule has 2 aromatic rings. The van der Waals surface area contributed by atoms with E-state index in [0.29, 0.717) is 5.82 Å². The van der Waals surface area contributed by atoms with Gasteiger partial charge in [-0.2, -0.15) is 0 Å². The minimum absolute atomic E-state index is 0.113. The lowest BCUT2D eigenvalue weighted by Crippen LogP contribution is -2.08. The fraction of sp³-hybridized carbons (Fsp3) is 0.333. The molecule has 21 heavy (non-hydrogen) atoms. The summed E-state index contributed by atoms with van der Waals surface area (Å²) in [7, 11) is 1.30. The number of anilines is 1. The number of hydrogen-bond donors (Lipinski definition) is 1. The number of carbonyl (C=O) groups is 1. The molecule has 6 heteroatoms. The molecule has 1 aromatic heterocycles. The Hall–Kier alpha value is -2.50. The molecular weight excluding hydrogens is 270 g/mol. The zero-order valence-electron chi connectivity index (χ0n) is 12.6. The van der Waals surface area contributed by atoms with Crippen molar-refractivity contribution in [1.29, 1.82) is 0 Å². The highest BCUT2D eigenvalue weighted by molar-refractivity contribution is 5.92. The second kappa shape index (κ2) is 5.87. The molecule has 1 aromatic carbocycles. The molecule has 0 unspecified atom stereocenters. The smallest absolute Gasteiger partial charge is 0.360 e. The number of hydrogen-bond acceptors (Lipinski definition) is 5. The molecule has 0 radical (unpaired) electrons. The van der Waals surface area contributed by atoms with Gasteiger partial charge in [0, 0.05) is 5.69 Å². The second-order valence-corrected chi connectivity index (χ2v) is 4.88. The molecule has 6 nitrogen and oxygen atoms in total. The molecule has 2 N–H and O–H groups in total. The van der Waals surface area contributed by atoms with Gasteiger partial charge in [0.25, 0.3) is 0 Å². The summed E-state index contributed by atoms with van der Waals surface area (Å²) < 4.78 is 12.0. The van der Waals surface area contributed by atoms with Crippen molar-refractivity contribution in [2.75, 3.05) is 12.8 Å². The van der Waals surface area contributed by atoms with Crippen LogP contribution in [-0.4, -0.2) is 28.7 Å². The number of rotatable bonds is 4. The van der Waals surface area contributed by atoms with Crippen molar-refractivity contribution >= 4 is 11.8 Å². The van der Waals surface area contributed by atoms with Gasteiger partial charge in [0.15, 0.2) is 5.69 Å². The second-order valence-electron chi connectivity index (χ2n) is 4.88. The maximum absolute atomic E-state index is 11.6. The van der Waals surface area contributed by atoms with Gasteiger partial charge in [0.1, 0.15) is 17.4 Å². The number of imidazole rings is 1. The normalized spacial score (nSPS) is 10.7. The minimum atomic E-state index is -0.547. The molecule has 0 saturated heterocycles. The molecule has 0 spiro atoms. The summed E-state index contributed by atoms with van der Waals surface area (Å²) in [4.78, 5) is 15.8. The van der Waals surface area contributed by atoms with Crippen LogP contribution in [0, 0.1) is 6.92 Å². The Balaban J connectivity index is 2.38. The summed E-state index contributed by atoms with van der Waals surface area (Å²) in [5.41, 5.74) is 6.93. The van der Waals surface area contributed by atoms with E-state index in [1.807, 2.05) is 38.1 Å². The highest BCUT2D eigenvalue weighted by Crippen LogP contribution is 2.23. The van der Waals surface area contributed by atoms with E-state index >= 15 is 0 Å². The zero-order valence-corrected chi connectivity index (χ0v) is 12.6. The third-order valence-electron chi connectivity index (χ3n) is 2.93. The van der Waals surface area contributed by atoms with Crippen molar-refractivity contribution in [3.63, 3.8) is 0 Å². The average Bonchev–Trinajstić information content (AvgIpc) is 2.74. The summed E-state index contributed by atoms with van der Waals surface area (Å²) in [6.07, 6.45) is 0.113. The number of esters is 1. The number of benzene rings is 1. The number of nitrogen functional groups attached to an aromatic ring is 1. The lowest BCUT2D eigenvalue weighted by Gasteiger charge is -2.12. The van der Waals surface area contributed by atoms with Crippen LogP contribution in [0.15, 0.2) is 24.3 Å². The largest absolute Gasteiger partial charge is 0.491 e. The Labute approximate surface area is 123 Å². The van der Waals surface area contributed by atoms with Crippen molar-refractivity contribution in [3.05, 3.63) is 35.8 Å². The first-order valence-electron chi connectivity index (χ1n) is 6.64. The van der Waals surface area contributed by atoms with Crippen molar-refractivity contribution in [2.45, 2.75) is 26.9 Å².